The number of hydrogen-bond acceptors (Lipinski definition) is 6. The number of ether oxygens (including phenoxy) is 1. The number of phenolic OH excluding ortho intramolecular Hbond substituents is 3. The first-order chi connectivity index (χ1) is 12.6. The van der Waals surface area contributed by atoms with Crippen LogP contribution in [0.2, 0.25) is 0 Å². The molecule has 0 saturated heterocycles. The molecule has 6 heteroatoms. The summed E-state index contributed by atoms with van der Waals surface area (Å²) in [6.45, 7) is 3.07. The Morgan fingerprint density at radius 3 is 2.26 bits per heavy atom. The molecule has 0 aliphatic rings. The SMILES string of the molecule is COc1cc(O)c(C=CC(C)(C)O)c(O)c1C(=O)C=Cc1ccc(O)cc1. The Balaban J connectivity index is 2.46. The van der Waals surface area contributed by atoms with Gasteiger partial charge in [0.15, 0.2) is 5.78 Å². The third kappa shape index (κ3) is 5.12. The summed E-state index contributed by atoms with van der Waals surface area (Å²) in [5.41, 5.74) is -0.595. The van der Waals surface area contributed by atoms with E-state index in [1.54, 1.807) is 12.1 Å². The molecule has 0 fully saturated rings. The van der Waals surface area contributed by atoms with Crippen LogP contribution in [0, 0.1) is 0 Å². The van der Waals surface area contributed by atoms with Gasteiger partial charge in [0.2, 0.25) is 0 Å². The first-order valence-corrected chi connectivity index (χ1v) is 8.18. The van der Waals surface area contributed by atoms with Gasteiger partial charge in [-0.2, -0.15) is 0 Å². The van der Waals surface area contributed by atoms with Crippen molar-refractivity contribution in [1.82, 2.24) is 0 Å². The van der Waals surface area contributed by atoms with E-state index in [-0.39, 0.29) is 28.4 Å². The lowest BCUT2D eigenvalue weighted by Crippen LogP contribution is -2.13. The molecule has 0 aromatic heterocycles. The van der Waals surface area contributed by atoms with Crippen LogP contribution in [0.15, 0.2) is 42.5 Å². The minimum absolute atomic E-state index is 0.000640. The van der Waals surface area contributed by atoms with E-state index in [1.165, 1.54) is 63.5 Å². The van der Waals surface area contributed by atoms with Crippen molar-refractivity contribution in [1.29, 1.82) is 0 Å². The normalized spacial score (nSPS) is 12.0. The molecule has 2 aromatic rings. The number of rotatable bonds is 6. The maximum absolute atomic E-state index is 12.6. The van der Waals surface area contributed by atoms with E-state index in [9.17, 15) is 25.2 Å². The second-order valence-corrected chi connectivity index (χ2v) is 6.51. The van der Waals surface area contributed by atoms with E-state index in [4.69, 9.17) is 4.74 Å². The van der Waals surface area contributed by atoms with Crippen LogP contribution in [0.25, 0.3) is 12.2 Å². The van der Waals surface area contributed by atoms with Crippen LogP contribution in [0.5, 0.6) is 23.0 Å². The molecule has 2 rings (SSSR count). The molecule has 0 unspecified atom stereocenters. The Morgan fingerprint density at radius 2 is 1.70 bits per heavy atom. The van der Waals surface area contributed by atoms with Gasteiger partial charge < -0.3 is 25.2 Å². The minimum Gasteiger partial charge on any atom is -0.508 e. The van der Waals surface area contributed by atoms with Gasteiger partial charge in [0.1, 0.15) is 28.6 Å². The van der Waals surface area contributed by atoms with Crippen molar-refractivity contribution in [2.24, 2.45) is 0 Å². The van der Waals surface area contributed by atoms with Crippen LogP contribution in [0.4, 0.5) is 0 Å². The van der Waals surface area contributed by atoms with Gasteiger partial charge in [-0.05, 0) is 43.7 Å². The Hall–Kier alpha value is -3.25. The molecule has 6 nitrogen and oxygen atoms in total. The van der Waals surface area contributed by atoms with E-state index in [0.717, 1.165) is 0 Å². The number of carbonyl (C=O) groups is 1. The van der Waals surface area contributed by atoms with Crippen molar-refractivity contribution in [2.45, 2.75) is 19.4 Å². The Labute approximate surface area is 157 Å². The smallest absolute Gasteiger partial charge is 0.193 e. The zero-order valence-electron chi connectivity index (χ0n) is 15.3. The van der Waals surface area contributed by atoms with Crippen molar-refractivity contribution in [3.05, 3.63) is 59.2 Å². The zero-order chi connectivity index (χ0) is 20.2. The summed E-state index contributed by atoms with van der Waals surface area (Å²) in [6, 6.07) is 7.46. The van der Waals surface area contributed by atoms with Crippen molar-refractivity contribution < 1.29 is 30.0 Å². The van der Waals surface area contributed by atoms with E-state index < -0.39 is 17.1 Å². The molecule has 0 atom stereocenters. The number of aromatic hydroxyl groups is 3. The van der Waals surface area contributed by atoms with Gasteiger partial charge in [-0.3, -0.25) is 4.79 Å². The average Bonchev–Trinajstić information content (AvgIpc) is 2.59. The number of carbonyl (C=O) groups excluding carboxylic acids is 1. The van der Waals surface area contributed by atoms with Crippen LogP contribution < -0.4 is 4.74 Å². The lowest BCUT2D eigenvalue weighted by molar-refractivity contribution is 0.104. The zero-order valence-corrected chi connectivity index (χ0v) is 15.3. The van der Waals surface area contributed by atoms with Crippen molar-refractivity contribution >= 4 is 17.9 Å². The number of aliphatic hydroxyl groups is 1. The fourth-order valence-corrected chi connectivity index (χ4v) is 2.34. The number of ketones is 1. The van der Waals surface area contributed by atoms with Crippen LogP contribution in [-0.2, 0) is 0 Å². The molecule has 0 aliphatic carbocycles. The molecule has 2 aromatic carbocycles. The Kier molecular flexibility index (Phi) is 5.92. The standard InChI is InChI=1S/C21H22O6/c1-21(2,26)11-10-15-17(24)12-18(27-3)19(20(15)25)16(23)9-6-13-4-7-14(22)8-5-13/h4-12,22,24-26H,1-3H3. The highest BCUT2D eigenvalue weighted by Gasteiger charge is 2.21. The highest BCUT2D eigenvalue weighted by atomic mass is 16.5. The number of benzene rings is 2. The number of hydrogen-bond donors (Lipinski definition) is 4. The first-order valence-electron chi connectivity index (χ1n) is 8.18. The molecule has 0 amide bonds. The largest absolute Gasteiger partial charge is 0.508 e. The summed E-state index contributed by atoms with van der Waals surface area (Å²) in [6.07, 6.45) is 5.50. The van der Waals surface area contributed by atoms with Crippen LogP contribution in [-0.4, -0.2) is 38.9 Å². The van der Waals surface area contributed by atoms with Crippen LogP contribution in [0.1, 0.15) is 35.3 Å². The lowest BCUT2D eigenvalue weighted by atomic mass is 9.99. The second kappa shape index (κ2) is 7.97. The number of methoxy groups -OCH3 is 1. The van der Waals surface area contributed by atoms with E-state index in [0.29, 0.717) is 5.56 Å². The van der Waals surface area contributed by atoms with Gasteiger partial charge in [-0.15, -0.1) is 0 Å². The molecule has 0 saturated carbocycles. The van der Waals surface area contributed by atoms with Gasteiger partial charge in [-0.1, -0.05) is 24.3 Å². The third-order valence-electron chi connectivity index (χ3n) is 3.73. The number of phenols is 3. The predicted molar refractivity (Wildman–Crippen MR) is 103 cm³/mol. The van der Waals surface area contributed by atoms with Crippen LogP contribution in [0.3, 0.4) is 0 Å². The molecular weight excluding hydrogens is 348 g/mol. The molecule has 0 spiro atoms. The second-order valence-electron chi connectivity index (χ2n) is 6.51. The molecule has 142 valence electrons. The minimum atomic E-state index is -1.16. The maximum atomic E-state index is 12.6. The Bertz CT molecular complexity index is 886. The van der Waals surface area contributed by atoms with Crippen molar-refractivity contribution in [3.63, 3.8) is 0 Å². The highest BCUT2D eigenvalue weighted by molar-refractivity contribution is 6.11. The summed E-state index contributed by atoms with van der Waals surface area (Å²) in [5.74, 6) is -1.14. The van der Waals surface area contributed by atoms with Crippen molar-refractivity contribution in [3.8, 4) is 23.0 Å². The van der Waals surface area contributed by atoms with Gasteiger partial charge >= 0.3 is 0 Å². The van der Waals surface area contributed by atoms with E-state index in [2.05, 4.69) is 0 Å². The van der Waals surface area contributed by atoms with Gasteiger partial charge in [0.25, 0.3) is 0 Å². The monoisotopic (exact) mass is 370 g/mol. The molecule has 0 heterocycles. The maximum Gasteiger partial charge on any atom is 0.193 e. The first kappa shape index (κ1) is 20.1. The summed E-state index contributed by atoms with van der Waals surface area (Å²) < 4.78 is 5.12. The topological polar surface area (TPSA) is 107 Å². The van der Waals surface area contributed by atoms with Crippen molar-refractivity contribution in [2.75, 3.05) is 7.11 Å². The molecule has 27 heavy (non-hydrogen) atoms. The summed E-state index contributed by atoms with van der Waals surface area (Å²) >= 11 is 0. The fraction of sp³-hybridized carbons (Fsp3) is 0.190. The quantitative estimate of drug-likeness (QED) is 0.458. The number of allylic oxidation sites excluding steroid dienone is 1. The highest BCUT2D eigenvalue weighted by Crippen LogP contribution is 2.39. The fourth-order valence-electron chi connectivity index (χ4n) is 2.34. The third-order valence-corrected chi connectivity index (χ3v) is 3.73. The summed E-state index contributed by atoms with van der Waals surface area (Å²) in [5, 5.41) is 39.7. The molecule has 0 aliphatic heterocycles. The molecule has 0 bridgehead atoms. The molecule has 0 radical (unpaired) electrons. The predicted octanol–water partition coefficient (Wildman–Crippen LogP) is 3.49. The molecule has 4 N–H and O–H groups in total. The van der Waals surface area contributed by atoms with Gasteiger partial charge in [0.05, 0.1) is 18.3 Å². The Morgan fingerprint density at radius 1 is 1.07 bits per heavy atom. The average molecular weight is 370 g/mol. The lowest BCUT2D eigenvalue weighted by Gasteiger charge is -2.14. The van der Waals surface area contributed by atoms with E-state index in [1.807, 2.05) is 0 Å². The summed E-state index contributed by atoms with van der Waals surface area (Å²) in [4.78, 5) is 12.6. The van der Waals surface area contributed by atoms with Gasteiger partial charge in [-0.25, -0.2) is 0 Å². The van der Waals surface area contributed by atoms with Gasteiger partial charge in [0, 0.05) is 6.07 Å². The van der Waals surface area contributed by atoms with E-state index >= 15 is 0 Å². The van der Waals surface area contributed by atoms with Crippen LogP contribution >= 0.6 is 0 Å². The molecular formula is C21H22O6. The summed E-state index contributed by atoms with van der Waals surface area (Å²) in [7, 11) is 1.32.